The van der Waals surface area contributed by atoms with E-state index in [1.807, 2.05) is 25.1 Å². The van der Waals surface area contributed by atoms with Crippen LogP contribution < -0.4 is 5.32 Å². The van der Waals surface area contributed by atoms with Crippen LogP contribution in [-0.2, 0) is 9.59 Å². The van der Waals surface area contributed by atoms with Gasteiger partial charge >= 0.3 is 0 Å². The minimum atomic E-state index is -0.0759. The number of hydrogen-bond acceptors (Lipinski definition) is 4. The summed E-state index contributed by atoms with van der Waals surface area (Å²) >= 11 is 6.24. The molecule has 3 rings (SSSR count). The summed E-state index contributed by atoms with van der Waals surface area (Å²) in [5.74, 6) is 2.18. The van der Waals surface area contributed by atoms with E-state index >= 15 is 0 Å². The Labute approximate surface area is 183 Å². The molecule has 2 atom stereocenters. The minimum Gasteiger partial charge on any atom is -0.351 e. The second-order valence-corrected chi connectivity index (χ2v) is 8.06. The second kappa shape index (κ2) is 9.92. The monoisotopic (exact) mass is 425 g/mol. The summed E-state index contributed by atoms with van der Waals surface area (Å²) in [6.45, 7) is 8.22. The van der Waals surface area contributed by atoms with Gasteiger partial charge in [0, 0.05) is 36.0 Å². The van der Waals surface area contributed by atoms with Gasteiger partial charge in [-0.1, -0.05) is 38.1 Å². The summed E-state index contributed by atoms with van der Waals surface area (Å²) in [4.78, 5) is 30.3. The number of hydrogen-bond donors (Lipinski definition) is 1. The Kier molecular flexibility index (Phi) is 7.30. The molecule has 1 aromatic carbocycles. The van der Waals surface area contributed by atoms with E-state index in [2.05, 4.69) is 34.7 Å². The lowest BCUT2D eigenvalue weighted by molar-refractivity contribution is -0.121. The highest BCUT2D eigenvalue weighted by Crippen LogP contribution is 2.44. The van der Waals surface area contributed by atoms with Crippen molar-refractivity contribution in [1.82, 2.24) is 10.2 Å². The molecule has 30 heavy (non-hydrogen) atoms. The molecule has 1 aromatic rings. The van der Waals surface area contributed by atoms with Gasteiger partial charge in [-0.2, -0.15) is 0 Å². The van der Waals surface area contributed by atoms with Crippen molar-refractivity contribution in [3.63, 3.8) is 0 Å². The number of amides is 1. The van der Waals surface area contributed by atoms with Gasteiger partial charge in [-0.25, -0.2) is 4.79 Å². The maximum absolute atomic E-state index is 12.1. The molecular formula is C24H28ClN3O2. The van der Waals surface area contributed by atoms with E-state index in [-0.39, 0.29) is 18.0 Å². The highest BCUT2D eigenvalue weighted by Gasteiger charge is 2.35. The summed E-state index contributed by atoms with van der Waals surface area (Å²) in [5, 5.41) is 3.78. The third-order valence-electron chi connectivity index (χ3n) is 5.87. The first-order chi connectivity index (χ1) is 14.5. The highest BCUT2D eigenvalue weighted by atomic mass is 35.5. The van der Waals surface area contributed by atoms with Gasteiger partial charge in [-0.3, -0.25) is 9.79 Å². The number of benzene rings is 1. The third kappa shape index (κ3) is 4.43. The summed E-state index contributed by atoms with van der Waals surface area (Å²) in [6.07, 6.45) is 7.32. The molecule has 1 aliphatic carbocycles. The molecule has 6 heteroatoms. The molecular weight excluding hydrogens is 398 g/mol. The lowest BCUT2D eigenvalue weighted by Gasteiger charge is -2.32. The first-order valence-electron chi connectivity index (χ1n) is 10.5. The van der Waals surface area contributed by atoms with E-state index in [4.69, 9.17) is 11.6 Å². The fourth-order valence-electron chi connectivity index (χ4n) is 4.45. The summed E-state index contributed by atoms with van der Waals surface area (Å²) < 4.78 is 0. The second-order valence-electron chi connectivity index (χ2n) is 7.62. The number of fused-ring (bicyclic) bond motifs is 1. The SMILES string of the molecule is C=CN=CC1=C(CN2C(=C=O)c3ccc(Cl)cc3[C@@H]2CC)CCC[C@@H]1NC(=O)CC. The number of halogens is 1. The van der Waals surface area contributed by atoms with Crippen LogP contribution in [0.3, 0.4) is 0 Å². The average Bonchev–Trinajstić information content (AvgIpc) is 3.04. The number of carbonyl (C=O) groups excluding carboxylic acids is 2. The Balaban J connectivity index is 2.00. The van der Waals surface area contributed by atoms with Crippen molar-refractivity contribution in [3.8, 4) is 0 Å². The van der Waals surface area contributed by atoms with Gasteiger partial charge in [-0.05, 0) is 54.5 Å². The van der Waals surface area contributed by atoms with Gasteiger partial charge in [-0.15, -0.1) is 0 Å². The highest BCUT2D eigenvalue weighted by molar-refractivity contribution is 6.30. The summed E-state index contributed by atoms with van der Waals surface area (Å²) in [7, 11) is 0. The predicted molar refractivity (Wildman–Crippen MR) is 122 cm³/mol. The molecule has 5 nitrogen and oxygen atoms in total. The van der Waals surface area contributed by atoms with E-state index in [9.17, 15) is 9.59 Å². The molecule has 0 unspecified atom stereocenters. The van der Waals surface area contributed by atoms with Crippen molar-refractivity contribution in [2.75, 3.05) is 6.54 Å². The maximum atomic E-state index is 12.1. The number of aliphatic imine (C=N–C) groups is 1. The average molecular weight is 426 g/mol. The van der Waals surface area contributed by atoms with Crippen molar-refractivity contribution < 1.29 is 9.59 Å². The molecule has 1 heterocycles. The summed E-state index contributed by atoms with van der Waals surface area (Å²) in [5.41, 5.74) is 4.72. The molecule has 1 aliphatic heterocycles. The van der Waals surface area contributed by atoms with Crippen molar-refractivity contribution in [2.45, 2.75) is 58.0 Å². The van der Waals surface area contributed by atoms with Crippen molar-refractivity contribution >= 4 is 35.4 Å². The lowest BCUT2D eigenvalue weighted by Crippen LogP contribution is -2.39. The van der Waals surface area contributed by atoms with Crippen LogP contribution in [0.15, 0.2) is 47.1 Å². The standard InChI is InChI=1S/C24H28ClN3O2/c1-4-22-19-12-17(25)10-11-18(19)23(15-29)28(22)14-16-8-7-9-21(27-24(30)5-2)20(16)13-26-6-3/h6,10-13,21-22H,3-5,7-9,14H2,1-2H3,(H,27,30)/t21-,22-/m0/s1. The third-order valence-corrected chi connectivity index (χ3v) is 6.10. The molecule has 0 saturated carbocycles. The Morgan fingerprint density at radius 3 is 2.90 bits per heavy atom. The van der Waals surface area contributed by atoms with Crippen LogP contribution in [0, 0.1) is 0 Å². The molecule has 1 N–H and O–H groups in total. The number of carbonyl (C=O) groups is 1. The van der Waals surface area contributed by atoms with Crippen LogP contribution in [0.25, 0.3) is 5.70 Å². The zero-order chi connectivity index (χ0) is 21.7. The molecule has 0 saturated heterocycles. The molecule has 158 valence electrons. The van der Waals surface area contributed by atoms with Crippen LogP contribution in [0.1, 0.15) is 63.1 Å². The predicted octanol–water partition coefficient (Wildman–Crippen LogP) is 4.87. The largest absolute Gasteiger partial charge is 0.351 e. The zero-order valence-corrected chi connectivity index (χ0v) is 18.3. The summed E-state index contributed by atoms with van der Waals surface area (Å²) in [6, 6.07) is 5.65. The molecule has 0 radical (unpaired) electrons. The van der Waals surface area contributed by atoms with Gasteiger partial charge < -0.3 is 10.2 Å². The molecule has 1 amide bonds. The lowest BCUT2D eigenvalue weighted by atomic mass is 9.87. The van der Waals surface area contributed by atoms with Gasteiger partial charge in [0.15, 0.2) is 5.94 Å². The fraction of sp³-hybridized carbons (Fsp3) is 0.417. The quantitative estimate of drug-likeness (QED) is 0.500. The Morgan fingerprint density at radius 1 is 1.43 bits per heavy atom. The first-order valence-corrected chi connectivity index (χ1v) is 10.9. The van der Waals surface area contributed by atoms with E-state index in [0.29, 0.717) is 23.7 Å². The van der Waals surface area contributed by atoms with Gasteiger partial charge in [0.1, 0.15) is 5.70 Å². The normalized spacial score (nSPS) is 21.0. The maximum Gasteiger partial charge on any atom is 0.220 e. The van der Waals surface area contributed by atoms with E-state index < -0.39 is 0 Å². The minimum absolute atomic E-state index is 0.0221. The number of nitrogens with one attached hydrogen (secondary N) is 1. The molecule has 0 fully saturated rings. The van der Waals surface area contributed by atoms with Crippen LogP contribution in [0.4, 0.5) is 0 Å². The number of rotatable bonds is 7. The van der Waals surface area contributed by atoms with E-state index in [0.717, 1.165) is 42.4 Å². The van der Waals surface area contributed by atoms with Crippen LogP contribution in [0.2, 0.25) is 5.02 Å². The Morgan fingerprint density at radius 2 is 2.23 bits per heavy atom. The van der Waals surface area contributed by atoms with E-state index in [1.54, 1.807) is 6.21 Å². The van der Waals surface area contributed by atoms with Crippen LogP contribution in [-0.4, -0.2) is 35.5 Å². The smallest absolute Gasteiger partial charge is 0.220 e. The fourth-order valence-corrected chi connectivity index (χ4v) is 4.63. The van der Waals surface area contributed by atoms with Crippen molar-refractivity contribution in [3.05, 3.63) is 58.3 Å². The first kappa shape index (κ1) is 22.1. The van der Waals surface area contributed by atoms with Gasteiger partial charge in [0.2, 0.25) is 5.91 Å². The van der Waals surface area contributed by atoms with Crippen LogP contribution >= 0.6 is 11.6 Å². The van der Waals surface area contributed by atoms with Crippen molar-refractivity contribution in [1.29, 1.82) is 0 Å². The number of nitrogens with zero attached hydrogens (tertiary/aromatic N) is 2. The van der Waals surface area contributed by atoms with Gasteiger partial charge in [0.05, 0.1) is 12.1 Å². The Hall–Kier alpha value is -2.62. The van der Waals surface area contributed by atoms with Gasteiger partial charge in [0.25, 0.3) is 0 Å². The molecule has 0 aromatic heterocycles. The topological polar surface area (TPSA) is 61.8 Å². The van der Waals surface area contributed by atoms with E-state index in [1.165, 1.54) is 11.8 Å². The molecule has 0 spiro atoms. The molecule has 0 bridgehead atoms. The molecule has 2 aliphatic rings. The zero-order valence-electron chi connectivity index (χ0n) is 17.6. The Bertz CT molecular complexity index is 944. The van der Waals surface area contributed by atoms with Crippen molar-refractivity contribution in [2.24, 2.45) is 4.99 Å². The van der Waals surface area contributed by atoms with Crippen LogP contribution in [0.5, 0.6) is 0 Å².